The van der Waals surface area contributed by atoms with Crippen molar-refractivity contribution in [3.63, 3.8) is 0 Å². The Morgan fingerprint density at radius 1 is 1.29 bits per heavy atom. The molecule has 0 radical (unpaired) electrons. The zero-order valence-corrected chi connectivity index (χ0v) is 9.70. The van der Waals surface area contributed by atoms with Crippen molar-refractivity contribution in [2.24, 2.45) is 0 Å². The van der Waals surface area contributed by atoms with Gasteiger partial charge in [0.25, 0.3) is 0 Å². The minimum absolute atomic E-state index is 0.332. The molecule has 0 unspecified atom stereocenters. The van der Waals surface area contributed by atoms with Crippen LogP contribution in [-0.2, 0) is 0 Å². The molecular weight excluding hydrogens is 245 g/mol. The van der Waals surface area contributed by atoms with Crippen molar-refractivity contribution in [1.29, 1.82) is 0 Å². The van der Waals surface area contributed by atoms with Gasteiger partial charge in [-0.05, 0) is 18.2 Å². The number of nitrogens with zero attached hydrogens (tertiary/aromatic N) is 2. The first-order valence-corrected chi connectivity index (χ1v) is 5.15. The highest BCUT2D eigenvalue weighted by Gasteiger charge is 2.05. The fourth-order valence-corrected chi connectivity index (χ4v) is 1.49. The zero-order chi connectivity index (χ0) is 12.3. The normalized spacial score (nSPS) is 10.1. The highest BCUT2D eigenvalue weighted by Crippen LogP contribution is 2.29. The van der Waals surface area contributed by atoms with Gasteiger partial charge in [0.15, 0.2) is 0 Å². The molecule has 0 aliphatic rings. The fourth-order valence-electron chi connectivity index (χ4n) is 1.32. The number of hydrogen-bond donors (Lipinski definition) is 1. The summed E-state index contributed by atoms with van der Waals surface area (Å²) in [6.07, 6.45) is 1.13. The molecule has 0 aliphatic carbocycles. The molecule has 88 valence electrons. The summed E-state index contributed by atoms with van der Waals surface area (Å²) >= 11 is 5.87. The Labute approximate surface area is 102 Å². The predicted octanol–water partition coefficient (Wildman–Crippen LogP) is 3.02. The van der Waals surface area contributed by atoms with Crippen LogP contribution in [0.3, 0.4) is 0 Å². The number of halogens is 2. The van der Waals surface area contributed by atoms with Crippen molar-refractivity contribution in [3.05, 3.63) is 41.6 Å². The van der Waals surface area contributed by atoms with Gasteiger partial charge in [-0.15, -0.1) is 0 Å². The first-order valence-electron chi connectivity index (χ1n) is 4.77. The van der Waals surface area contributed by atoms with Gasteiger partial charge in [0.05, 0.1) is 12.8 Å². The Balaban J connectivity index is 2.32. The molecule has 0 amide bonds. The Hall–Kier alpha value is -1.88. The maximum absolute atomic E-state index is 12.9. The summed E-state index contributed by atoms with van der Waals surface area (Å²) in [5, 5.41) is 3.45. The van der Waals surface area contributed by atoms with E-state index >= 15 is 0 Å². The van der Waals surface area contributed by atoms with E-state index in [1.165, 1.54) is 13.2 Å². The highest BCUT2D eigenvalue weighted by atomic mass is 35.5. The van der Waals surface area contributed by atoms with Crippen LogP contribution in [0.5, 0.6) is 5.75 Å². The molecular formula is C11H9ClFN3O. The second kappa shape index (κ2) is 4.97. The van der Waals surface area contributed by atoms with Crippen molar-refractivity contribution in [3.8, 4) is 5.75 Å². The third-order valence-corrected chi connectivity index (χ3v) is 2.29. The molecule has 6 heteroatoms. The van der Waals surface area contributed by atoms with Gasteiger partial charge in [-0.1, -0.05) is 11.6 Å². The summed E-state index contributed by atoms with van der Waals surface area (Å²) < 4.78 is 18.0. The van der Waals surface area contributed by atoms with Crippen LogP contribution in [0.25, 0.3) is 0 Å². The first kappa shape index (κ1) is 11.6. The number of rotatable bonds is 3. The van der Waals surface area contributed by atoms with Crippen LogP contribution in [0.4, 0.5) is 15.9 Å². The summed E-state index contributed by atoms with van der Waals surface area (Å²) in [5.41, 5.74) is 0.609. The molecule has 0 spiro atoms. The van der Waals surface area contributed by atoms with E-state index < -0.39 is 5.95 Å². The van der Waals surface area contributed by atoms with E-state index in [0.717, 1.165) is 6.33 Å². The zero-order valence-electron chi connectivity index (χ0n) is 8.95. The number of benzene rings is 1. The average Bonchev–Trinajstić information content (AvgIpc) is 2.29. The molecule has 0 fully saturated rings. The van der Waals surface area contributed by atoms with Crippen molar-refractivity contribution < 1.29 is 9.13 Å². The predicted molar refractivity (Wildman–Crippen MR) is 63.3 cm³/mol. The largest absolute Gasteiger partial charge is 0.495 e. The highest BCUT2D eigenvalue weighted by molar-refractivity contribution is 6.30. The van der Waals surface area contributed by atoms with Crippen LogP contribution in [0, 0.1) is 5.95 Å². The molecule has 2 rings (SSSR count). The van der Waals surface area contributed by atoms with Gasteiger partial charge in [0, 0.05) is 11.1 Å². The van der Waals surface area contributed by atoms with Crippen LogP contribution in [-0.4, -0.2) is 17.1 Å². The third-order valence-electron chi connectivity index (χ3n) is 2.06. The van der Waals surface area contributed by atoms with E-state index in [-0.39, 0.29) is 0 Å². The molecule has 0 aliphatic heterocycles. The topological polar surface area (TPSA) is 47.0 Å². The Kier molecular flexibility index (Phi) is 3.39. The van der Waals surface area contributed by atoms with Gasteiger partial charge >= 0.3 is 0 Å². The first-order chi connectivity index (χ1) is 8.19. The number of ether oxygens (including phenoxy) is 1. The number of methoxy groups -OCH3 is 1. The van der Waals surface area contributed by atoms with Gasteiger partial charge < -0.3 is 10.1 Å². The van der Waals surface area contributed by atoms with Crippen LogP contribution in [0.2, 0.25) is 5.02 Å². The monoisotopic (exact) mass is 253 g/mol. The van der Waals surface area contributed by atoms with Gasteiger partial charge in [0.2, 0.25) is 5.95 Å². The third kappa shape index (κ3) is 2.82. The molecule has 0 saturated heterocycles. The lowest BCUT2D eigenvalue weighted by Gasteiger charge is -2.10. The lowest BCUT2D eigenvalue weighted by Crippen LogP contribution is -1.98. The summed E-state index contributed by atoms with van der Waals surface area (Å²) in [7, 11) is 1.54. The second-order valence-corrected chi connectivity index (χ2v) is 3.63. The molecule has 0 bridgehead atoms. The smallest absolute Gasteiger partial charge is 0.218 e. The van der Waals surface area contributed by atoms with E-state index in [2.05, 4.69) is 15.3 Å². The molecule has 1 heterocycles. The minimum atomic E-state index is -0.608. The lowest BCUT2D eigenvalue weighted by atomic mass is 10.3. The van der Waals surface area contributed by atoms with E-state index in [1.807, 2.05) is 0 Å². The molecule has 1 N–H and O–H groups in total. The number of nitrogens with one attached hydrogen (secondary N) is 1. The molecule has 1 aromatic heterocycles. The van der Waals surface area contributed by atoms with E-state index in [1.54, 1.807) is 18.2 Å². The van der Waals surface area contributed by atoms with Crippen molar-refractivity contribution in [2.45, 2.75) is 0 Å². The van der Waals surface area contributed by atoms with Crippen LogP contribution >= 0.6 is 11.6 Å². The quantitative estimate of drug-likeness (QED) is 0.854. The summed E-state index contributed by atoms with van der Waals surface area (Å²) in [5.74, 6) is 0.315. The van der Waals surface area contributed by atoms with Gasteiger partial charge in [-0.25, -0.2) is 9.97 Å². The van der Waals surface area contributed by atoms with Crippen LogP contribution in [0.1, 0.15) is 0 Å². The molecule has 2 aromatic rings. The van der Waals surface area contributed by atoms with Crippen molar-refractivity contribution in [2.75, 3.05) is 12.4 Å². The molecule has 4 nitrogen and oxygen atoms in total. The van der Waals surface area contributed by atoms with E-state index in [0.29, 0.717) is 22.3 Å². The molecule has 1 aromatic carbocycles. The van der Waals surface area contributed by atoms with Crippen LogP contribution < -0.4 is 10.1 Å². The number of aromatic nitrogens is 2. The summed E-state index contributed by atoms with van der Waals surface area (Å²) in [6, 6.07) is 6.26. The fraction of sp³-hybridized carbons (Fsp3) is 0.0909. The minimum Gasteiger partial charge on any atom is -0.495 e. The Morgan fingerprint density at radius 2 is 2.12 bits per heavy atom. The average molecular weight is 254 g/mol. The molecule has 0 atom stereocenters. The number of hydrogen-bond acceptors (Lipinski definition) is 4. The lowest BCUT2D eigenvalue weighted by molar-refractivity contribution is 0.417. The SMILES string of the molecule is COc1ccc(Cl)cc1Nc1cc(F)ncn1. The van der Waals surface area contributed by atoms with Crippen molar-refractivity contribution >= 4 is 23.1 Å². The van der Waals surface area contributed by atoms with E-state index in [4.69, 9.17) is 16.3 Å². The van der Waals surface area contributed by atoms with Crippen molar-refractivity contribution in [1.82, 2.24) is 9.97 Å². The van der Waals surface area contributed by atoms with Gasteiger partial charge in [-0.3, -0.25) is 0 Å². The second-order valence-electron chi connectivity index (χ2n) is 3.20. The maximum atomic E-state index is 12.9. The molecule has 17 heavy (non-hydrogen) atoms. The summed E-state index contributed by atoms with van der Waals surface area (Å²) in [4.78, 5) is 7.25. The Bertz CT molecular complexity index is 536. The summed E-state index contributed by atoms with van der Waals surface area (Å²) in [6.45, 7) is 0. The van der Waals surface area contributed by atoms with Gasteiger partial charge in [0.1, 0.15) is 17.9 Å². The molecule has 0 saturated carbocycles. The number of anilines is 2. The van der Waals surface area contributed by atoms with Gasteiger partial charge in [-0.2, -0.15) is 4.39 Å². The maximum Gasteiger partial charge on any atom is 0.218 e. The standard InChI is InChI=1S/C11H9ClFN3O/c1-17-9-3-2-7(12)4-8(9)16-11-5-10(13)14-6-15-11/h2-6H,1H3,(H,14,15,16). The van der Waals surface area contributed by atoms with E-state index in [9.17, 15) is 4.39 Å². The van der Waals surface area contributed by atoms with Crippen LogP contribution in [0.15, 0.2) is 30.6 Å². The Morgan fingerprint density at radius 3 is 2.82 bits per heavy atom.